The SMILES string of the molecule is CC[C@]1(c2ccccc2)NC(=S)N(c2ccc(Cl)cc2)N1. The Balaban J connectivity index is 1.94. The van der Waals surface area contributed by atoms with Gasteiger partial charge in [0.2, 0.25) is 0 Å². The van der Waals surface area contributed by atoms with Crippen LogP contribution in [0.25, 0.3) is 0 Å². The number of nitrogens with zero attached hydrogens (tertiary/aromatic N) is 1. The van der Waals surface area contributed by atoms with Crippen LogP contribution in [0, 0.1) is 0 Å². The molecule has 0 spiro atoms. The molecule has 1 aliphatic heterocycles. The molecule has 0 saturated carbocycles. The van der Waals surface area contributed by atoms with E-state index in [1.54, 1.807) is 0 Å². The van der Waals surface area contributed by atoms with Gasteiger partial charge in [0.05, 0.1) is 5.69 Å². The van der Waals surface area contributed by atoms with E-state index in [1.165, 1.54) is 0 Å². The van der Waals surface area contributed by atoms with Crippen LogP contribution in [0.3, 0.4) is 0 Å². The van der Waals surface area contributed by atoms with Gasteiger partial charge in [0, 0.05) is 5.02 Å². The standard InChI is InChI=1S/C16H16ClN3S/c1-2-16(12-6-4-3-5-7-12)18-15(21)20(19-16)14-10-8-13(17)9-11-14/h3-11,19H,2H2,1H3,(H,18,21)/t16-/m0/s1. The Morgan fingerprint density at radius 2 is 1.76 bits per heavy atom. The zero-order valence-electron chi connectivity index (χ0n) is 11.6. The normalized spacial score (nSPS) is 21.4. The van der Waals surface area contributed by atoms with Crippen LogP contribution < -0.4 is 15.8 Å². The summed E-state index contributed by atoms with van der Waals surface area (Å²) in [6.45, 7) is 2.13. The molecule has 0 unspecified atom stereocenters. The summed E-state index contributed by atoms with van der Waals surface area (Å²) >= 11 is 11.4. The number of hydrogen-bond donors (Lipinski definition) is 2. The molecule has 2 aromatic rings. The van der Waals surface area contributed by atoms with E-state index in [4.69, 9.17) is 23.8 Å². The van der Waals surface area contributed by atoms with Crippen LogP contribution in [0.5, 0.6) is 0 Å². The lowest BCUT2D eigenvalue weighted by molar-refractivity contribution is 0.337. The lowest BCUT2D eigenvalue weighted by Crippen LogP contribution is -2.47. The van der Waals surface area contributed by atoms with Crippen LogP contribution in [0.1, 0.15) is 18.9 Å². The van der Waals surface area contributed by atoms with Crippen LogP contribution in [0.15, 0.2) is 54.6 Å². The van der Waals surface area contributed by atoms with Gasteiger partial charge in [-0.15, -0.1) is 0 Å². The number of nitrogens with one attached hydrogen (secondary N) is 2. The van der Waals surface area contributed by atoms with Crippen LogP contribution in [0.2, 0.25) is 5.02 Å². The highest BCUT2D eigenvalue weighted by Gasteiger charge is 2.40. The third kappa shape index (κ3) is 2.62. The topological polar surface area (TPSA) is 27.3 Å². The molecular formula is C16H16ClN3S. The monoisotopic (exact) mass is 317 g/mol. The lowest BCUT2D eigenvalue weighted by Gasteiger charge is -2.29. The second-order valence-electron chi connectivity index (χ2n) is 4.98. The zero-order valence-corrected chi connectivity index (χ0v) is 13.2. The first kappa shape index (κ1) is 14.3. The Kier molecular flexibility index (Phi) is 3.85. The quantitative estimate of drug-likeness (QED) is 0.842. The van der Waals surface area contributed by atoms with Gasteiger partial charge in [-0.2, -0.15) is 5.43 Å². The Hall–Kier alpha value is -1.62. The molecule has 3 rings (SSSR count). The summed E-state index contributed by atoms with van der Waals surface area (Å²) in [7, 11) is 0. The van der Waals surface area contributed by atoms with Gasteiger partial charge < -0.3 is 5.32 Å². The molecule has 1 atom stereocenters. The molecule has 0 aliphatic carbocycles. The summed E-state index contributed by atoms with van der Waals surface area (Å²) in [6.07, 6.45) is 0.862. The highest BCUT2D eigenvalue weighted by atomic mass is 35.5. The van der Waals surface area contributed by atoms with Crippen molar-refractivity contribution in [2.45, 2.75) is 19.0 Å². The summed E-state index contributed by atoms with van der Waals surface area (Å²) in [5, 5.41) is 6.67. The maximum Gasteiger partial charge on any atom is 0.190 e. The van der Waals surface area contributed by atoms with Gasteiger partial charge in [-0.25, -0.2) is 5.01 Å². The molecule has 2 aromatic carbocycles. The molecule has 1 fully saturated rings. The van der Waals surface area contributed by atoms with Gasteiger partial charge in [0.15, 0.2) is 5.11 Å². The fourth-order valence-electron chi connectivity index (χ4n) is 2.51. The Morgan fingerprint density at radius 1 is 1.10 bits per heavy atom. The third-order valence-electron chi connectivity index (χ3n) is 3.71. The number of hydrazine groups is 1. The minimum Gasteiger partial charge on any atom is -0.338 e. The second-order valence-corrected chi connectivity index (χ2v) is 5.80. The van der Waals surface area contributed by atoms with E-state index in [0.717, 1.165) is 17.7 Å². The molecule has 1 heterocycles. The number of rotatable bonds is 3. The van der Waals surface area contributed by atoms with Gasteiger partial charge in [-0.05, 0) is 48.5 Å². The highest BCUT2D eigenvalue weighted by molar-refractivity contribution is 7.80. The zero-order chi connectivity index (χ0) is 14.9. The molecule has 21 heavy (non-hydrogen) atoms. The summed E-state index contributed by atoms with van der Waals surface area (Å²) < 4.78 is 0. The minimum absolute atomic E-state index is 0.377. The molecule has 3 nitrogen and oxygen atoms in total. The molecule has 1 saturated heterocycles. The fourth-order valence-corrected chi connectivity index (χ4v) is 2.96. The smallest absolute Gasteiger partial charge is 0.190 e. The predicted octanol–water partition coefficient (Wildman–Crippen LogP) is 3.80. The summed E-state index contributed by atoms with van der Waals surface area (Å²) in [5.74, 6) is 0. The van der Waals surface area contributed by atoms with Crippen molar-refractivity contribution >= 4 is 34.6 Å². The molecule has 0 aromatic heterocycles. The lowest BCUT2D eigenvalue weighted by atomic mass is 9.98. The van der Waals surface area contributed by atoms with Crippen LogP contribution in [0.4, 0.5) is 5.69 Å². The van der Waals surface area contributed by atoms with E-state index in [-0.39, 0.29) is 5.66 Å². The minimum atomic E-state index is -0.377. The molecule has 0 radical (unpaired) electrons. The number of benzene rings is 2. The average Bonchev–Trinajstić information content (AvgIpc) is 2.87. The molecule has 108 valence electrons. The van der Waals surface area contributed by atoms with Crippen molar-refractivity contribution in [2.75, 3.05) is 5.01 Å². The fraction of sp³-hybridized carbons (Fsp3) is 0.188. The van der Waals surface area contributed by atoms with Crippen molar-refractivity contribution in [2.24, 2.45) is 0 Å². The first-order chi connectivity index (χ1) is 10.1. The van der Waals surface area contributed by atoms with Gasteiger partial charge in [-0.1, -0.05) is 48.9 Å². The van der Waals surface area contributed by atoms with E-state index >= 15 is 0 Å². The summed E-state index contributed by atoms with van der Waals surface area (Å²) in [6, 6.07) is 17.9. The van der Waals surface area contributed by atoms with Gasteiger partial charge in [0.25, 0.3) is 0 Å². The van der Waals surface area contributed by atoms with E-state index < -0.39 is 0 Å². The Labute approximate surface area is 134 Å². The van der Waals surface area contributed by atoms with Crippen molar-refractivity contribution in [3.05, 3.63) is 65.2 Å². The summed E-state index contributed by atoms with van der Waals surface area (Å²) in [4.78, 5) is 0. The largest absolute Gasteiger partial charge is 0.338 e. The molecule has 0 amide bonds. The number of thiocarbonyl (C=S) groups is 1. The molecule has 2 N–H and O–H groups in total. The molecule has 0 bridgehead atoms. The first-order valence-corrected chi connectivity index (χ1v) is 7.64. The average molecular weight is 318 g/mol. The number of anilines is 1. The summed E-state index contributed by atoms with van der Waals surface area (Å²) in [5.41, 5.74) is 5.24. The van der Waals surface area contributed by atoms with Crippen LogP contribution in [-0.2, 0) is 5.66 Å². The van der Waals surface area contributed by atoms with Crippen molar-refractivity contribution in [1.29, 1.82) is 0 Å². The Morgan fingerprint density at radius 3 is 2.38 bits per heavy atom. The van der Waals surface area contributed by atoms with Crippen LogP contribution in [-0.4, -0.2) is 5.11 Å². The Bertz CT molecular complexity index is 644. The maximum atomic E-state index is 5.95. The van der Waals surface area contributed by atoms with Gasteiger partial charge in [-0.3, -0.25) is 0 Å². The van der Waals surface area contributed by atoms with Crippen molar-refractivity contribution in [1.82, 2.24) is 10.7 Å². The van der Waals surface area contributed by atoms with Crippen molar-refractivity contribution < 1.29 is 0 Å². The van der Waals surface area contributed by atoms with Crippen molar-refractivity contribution in [3.8, 4) is 0 Å². The van der Waals surface area contributed by atoms with E-state index in [2.05, 4.69) is 29.8 Å². The predicted molar refractivity (Wildman–Crippen MR) is 91.2 cm³/mol. The van der Waals surface area contributed by atoms with Gasteiger partial charge in [0.1, 0.15) is 5.66 Å². The van der Waals surface area contributed by atoms with Crippen molar-refractivity contribution in [3.63, 3.8) is 0 Å². The maximum absolute atomic E-state index is 5.95. The number of halogens is 1. The molecule has 5 heteroatoms. The number of hydrogen-bond acceptors (Lipinski definition) is 2. The van der Waals surface area contributed by atoms with Crippen LogP contribution >= 0.6 is 23.8 Å². The van der Waals surface area contributed by atoms with E-state index in [9.17, 15) is 0 Å². The molecular weight excluding hydrogens is 302 g/mol. The van der Waals surface area contributed by atoms with E-state index in [1.807, 2.05) is 47.5 Å². The van der Waals surface area contributed by atoms with E-state index in [0.29, 0.717) is 10.1 Å². The molecule has 1 aliphatic rings. The highest BCUT2D eigenvalue weighted by Crippen LogP contribution is 2.29. The second kappa shape index (κ2) is 5.64. The van der Waals surface area contributed by atoms with Gasteiger partial charge >= 0.3 is 0 Å². The third-order valence-corrected chi connectivity index (χ3v) is 4.24. The first-order valence-electron chi connectivity index (χ1n) is 6.86.